The van der Waals surface area contributed by atoms with Gasteiger partial charge in [-0.1, -0.05) is 27.7 Å². The molecule has 1 amide bonds. The number of amides is 1. The van der Waals surface area contributed by atoms with E-state index in [0.29, 0.717) is 23.8 Å². The predicted molar refractivity (Wildman–Crippen MR) is 72.9 cm³/mol. The lowest BCUT2D eigenvalue weighted by Gasteiger charge is -2.36. The van der Waals surface area contributed by atoms with E-state index in [-0.39, 0.29) is 0 Å². The monoisotopic (exact) mass is 239 g/mol. The van der Waals surface area contributed by atoms with Gasteiger partial charge in [-0.15, -0.1) is 0 Å². The van der Waals surface area contributed by atoms with Crippen LogP contribution in [0.3, 0.4) is 0 Å². The molecule has 2 nitrogen and oxygen atoms in total. The molecule has 0 aliphatic heterocycles. The molecule has 0 bridgehead atoms. The number of hydrogen-bond donors (Lipinski definition) is 0. The molecule has 100 valence electrons. The van der Waals surface area contributed by atoms with Crippen molar-refractivity contribution in [3.63, 3.8) is 0 Å². The van der Waals surface area contributed by atoms with E-state index >= 15 is 0 Å². The van der Waals surface area contributed by atoms with Gasteiger partial charge in [0.2, 0.25) is 5.91 Å². The highest BCUT2D eigenvalue weighted by Crippen LogP contribution is 2.35. The molecule has 0 aromatic heterocycles. The fourth-order valence-corrected chi connectivity index (χ4v) is 3.06. The van der Waals surface area contributed by atoms with E-state index in [2.05, 4.69) is 20.8 Å². The first-order valence-corrected chi connectivity index (χ1v) is 7.09. The molecule has 1 aliphatic rings. The summed E-state index contributed by atoms with van der Waals surface area (Å²) in [4.78, 5) is 13.6. The van der Waals surface area contributed by atoms with Gasteiger partial charge < -0.3 is 4.90 Å². The minimum Gasteiger partial charge on any atom is -0.343 e. The Kier molecular flexibility index (Phi) is 5.03. The van der Waals surface area contributed by atoms with Crippen molar-refractivity contribution in [1.82, 2.24) is 4.90 Å². The normalized spacial score (nSPS) is 25.7. The highest BCUT2D eigenvalue weighted by Gasteiger charge is 2.28. The molecule has 0 aromatic carbocycles. The molecule has 1 aliphatic carbocycles. The third-order valence-corrected chi connectivity index (χ3v) is 3.96. The Bertz CT molecular complexity index is 246. The van der Waals surface area contributed by atoms with Crippen LogP contribution in [0.15, 0.2) is 0 Å². The van der Waals surface area contributed by atoms with Crippen LogP contribution in [0.2, 0.25) is 0 Å². The molecular weight excluding hydrogens is 210 g/mol. The zero-order chi connectivity index (χ0) is 13.1. The minimum atomic E-state index is 0.296. The van der Waals surface area contributed by atoms with E-state index < -0.39 is 0 Å². The Morgan fingerprint density at radius 3 is 2.12 bits per heavy atom. The number of nitrogens with zero attached hydrogens (tertiary/aromatic N) is 1. The van der Waals surface area contributed by atoms with Crippen LogP contribution < -0.4 is 0 Å². The summed E-state index contributed by atoms with van der Waals surface area (Å²) in [5, 5.41) is 0. The first-order chi connectivity index (χ1) is 7.83. The molecule has 1 fully saturated rings. The van der Waals surface area contributed by atoms with Gasteiger partial charge in [0.15, 0.2) is 0 Å². The van der Waals surface area contributed by atoms with Crippen LogP contribution in [-0.2, 0) is 4.79 Å². The van der Waals surface area contributed by atoms with Gasteiger partial charge in [-0.3, -0.25) is 4.79 Å². The maximum Gasteiger partial charge on any atom is 0.222 e. The summed E-state index contributed by atoms with van der Waals surface area (Å²) < 4.78 is 0. The lowest BCUT2D eigenvalue weighted by atomic mass is 9.76. The van der Waals surface area contributed by atoms with Crippen LogP contribution in [0.1, 0.15) is 66.2 Å². The fraction of sp³-hybridized carbons (Fsp3) is 0.933. The van der Waals surface area contributed by atoms with Crippen molar-refractivity contribution in [2.75, 3.05) is 7.05 Å². The van der Waals surface area contributed by atoms with Gasteiger partial charge in [0, 0.05) is 19.5 Å². The third kappa shape index (κ3) is 4.69. The number of carbonyl (C=O) groups is 1. The predicted octanol–water partition coefficient (Wildman–Crippen LogP) is 3.85. The lowest BCUT2D eigenvalue weighted by Crippen LogP contribution is -2.39. The summed E-state index contributed by atoms with van der Waals surface area (Å²) in [5.41, 5.74) is 0.447. The second-order valence-electron chi connectivity index (χ2n) is 6.80. The summed E-state index contributed by atoms with van der Waals surface area (Å²) in [6, 6.07) is 0.499. The van der Waals surface area contributed by atoms with Gasteiger partial charge in [-0.05, 0) is 43.4 Å². The van der Waals surface area contributed by atoms with Crippen molar-refractivity contribution in [1.29, 1.82) is 0 Å². The molecule has 2 heteroatoms. The van der Waals surface area contributed by atoms with Crippen molar-refractivity contribution in [3.05, 3.63) is 0 Å². The van der Waals surface area contributed by atoms with Gasteiger partial charge in [0.05, 0.1) is 0 Å². The summed E-state index contributed by atoms with van der Waals surface area (Å²) >= 11 is 0. The van der Waals surface area contributed by atoms with E-state index in [4.69, 9.17) is 0 Å². The largest absolute Gasteiger partial charge is 0.343 e. The van der Waals surface area contributed by atoms with Crippen LogP contribution in [0.5, 0.6) is 0 Å². The van der Waals surface area contributed by atoms with Crippen molar-refractivity contribution < 1.29 is 4.79 Å². The first-order valence-electron chi connectivity index (χ1n) is 7.09. The molecule has 0 spiro atoms. The van der Waals surface area contributed by atoms with E-state index in [0.717, 1.165) is 5.92 Å². The van der Waals surface area contributed by atoms with E-state index in [9.17, 15) is 4.79 Å². The van der Waals surface area contributed by atoms with Crippen molar-refractivity contribution >= 4 is 5.91 Å². The van der Waals surface area contributed by atoms with Crippen molar-refractivity contribution in [2.45, 2.75) is 72.3 Å². The van der Waals surface area contributed by atoms with Gasteiger partial charge in [0.25, 0.3) is 0 Å². The van der Waals surface area contributed by atoms with Gasteiger partial charge in [-0.2, -0.15) is 0 Å². The molecule has 0 N–H and O–H groups in total. The average molecular weight is 239 g/mol. The molecular formula is C15H29NO. The summed E-state index contributed by atoms with van der Waals surface area (Å²) in [5.74, 6) is 1.17. The summed E-state index contributed by atoms with van der Waals surface area (Å²) in [6.45, 7) is 8.92. The smallest absolute Gasteiger partial charge is 0.222 e. The Morgan fingerprint density at radius 1 is 1.18 bits per heavy atom. The minimum absolute atomic E-state index is 0.296. The Morgan fingerprint density at radius 2 is 1.71 bits per heavy atom. The van der Waals surface area contributed by atoms with Crippen molar-refractivity contribution in [3.8, 4) is 0 Å². The second-order valence-corrected chi connectivity index (χ2v) is 6.80. The quantitative estimate of drug-likeness (QED) is 0.732. The first kappa shape index (κ1) is 14.5. The Balaban J connectivity index is 2.38. The average Bonchev–Trinajstić information content (AvgIpc) is 2.26. The van der Waals surface area contributed by atoms with Gasteiger partial charge in [0.1, 0.15) is 0 Å². The van der Waals surface area contributed by atoms with Crippen LogP contribution >= 0.6 is 0 Å². The van der Waals surface area contributed by atoms with Crippen LogP contribution in [0.4, 0.5) is 0 Å². The highest BCUT2D eigenvalue weighted by molar-refractivity contribution is 5.75. The molecule has 0 radical (unpaired) electrons. The van der Waals surface area contributed by atoms with E-state index in [1.54, 1.807) is 0 Å². The number of carbonyl (C=O) groups excluding carboxylic acids is 1. The number of rotatable bonds is 3. The molecule has 0 saturated heterocycles. The summed E-state index contributed by atoms with van der Waals surface area (Å²) in [7, 11) is 1.97. The second kappa shape index (κ2) is 5.88. The fourth-order valence-electron chi connectivity index (χ4n) is 3.06. The number of hydrogen-bond acceptors (Lipinski definition) is 1. The SMILES string of the molecule is CCC(=O)N(C)C1CCC(CC(C)(C)C)CC1. The van der Waals surface area contributed by atoms with Crippen LogP contribution in [0.25, 0.3) is 0 Å². The molecule has 0 atom stereocenters. The Hall–Kier alpha value is -0.530. The zero-order valence-corrected chi connectivity index (χ0v) is 12.3. The van der Waals surface area contributed by atoms with Crippen LogP contribution in [0, 0.1) is 11.3 Å². The topological polar surface area (TPSA) is 20.3 Å². The van der Waals surface area contributed by atoms with E-state index in [1.807, 2.05) is 18.9 Å². The van der Waals surface area contributed by atoms with Gasteiger partial charge >= 0.3 is 0 Å². The van der Waals surface area contributed by atoms with Crippen molar-refractivity contribution in [2.24, 2.45) is 11.3 Å². The molecule has 0 heterocycles. The molecule has 1 rings (SSSR count). The zero-order valence-electron chi connectivity index (χ0n) is 12.3. The van der Waals surface area contributed by atoms with E-state index in [1.165, 1.54) is 32.1 Å². The standard InChI is InChI=1S/C15H29NO/c1-6-14(17)16(5)13-9-7-12(8-10-13)11-15(2,3)4/h12-13H,6-11H2,1-5H3. The Labute approximate surface area is 107 Å². The highest BCUT2D eigenvalue weighted by atomic mass is 16.2. The molecule has 1 saturated carbocycles. The summed E-state index contributed by atoms with van der Waals surface area (Å²) in [6.07, 6.45) is 6.95. The lowest BCUT2D eigenvalue weighted by molar-refractivity contribution is -0.132. The maximum absolute atomic E-state index is 11.6. The van der Waals surface area contributed by atoms with Gasteiger partial charge in [-0.25, -0.2) is 0 Å². The third-order valence-electron chi connectivity index (χ3n) is 3.96. The molecule has 0 aromatic rings. The maximum atomic E-state index is 11.6. The van der Waals surface area contributed by atoms with Crippen LogP contribution in [-0.4, -0.2) is 23.9 Å². The molecule has 0 unspecified atom stereocenters. The molecule has 17 heavy (non-hydrogen) atoms.